The van der Waals surface area contributed by atoms with E-state index in [2.05, 4.69) is 4.98 Å². The Balaban J connectivity index is 1.55. The van der Waals surface area contributed by atoms with Crippen LogP contribution >= 0.6 is 11.3 Å². The number of nitrogens with zero attached hydrogens (tertiary/aromatic N) is 2. The van der Waals surface area contributed by atoms with Crippen LogP contribution in [-0.2, 0) is 4.74 Å². The molecule has 0 bridgehead atoms. The highest BCUT2D eigenvalue weighted by Gasteiger charge is 2.25. The molecule has 128 valence electrons. The van der Waals surface area contributed by atoms with Crippen LogP contribution in [0.5, 0.6) is 0 Å². The molecule has 24 heavy (non-hydrogen) atoms. The van der Waals surface area contributed by atoms with Gasteiger partial charge in [0.1, 0.15) is 9.88 Å². The highest BCUT2D eigenvalue weighted by Crippen LogP contribution is 2.26. The minimum atomic E-state index is 0.0588. The van der Waals surface area contributed by atoms with Crippen LogP contribution in [-0.4, -0.2) is 53.3 Å². The Morgan fingerprint density at radius 2 is 2.04 bits per heavy atom. The summed E-state index contributed by atoms with van der Waals surface area (Å²) >= 11 is 1.44. The van der Waals surface area contributed by atoms with Crippen LogP contribution in [0.1, 0.15) is 28.9 Å². The smallest absolute Gasteiger partial charge is 0.265 e. The van der Waals surface area contributed by atoms with Crippen molar-refractivity contribution >= 4 is 17.2 Å². The van der Waals surface area contributed by atoms with Gasteiger partial charge in [0.25, 0.3) is 5.91 Å². The summed E-state index contributed by atoms with van der Waals surface area (Å²) in [6.45, 7) is 2.17. The molecule has 1 saturated heterocycles. The highest BCUT2D eigenvalue weighted by molar-refractivity contribution is 7.16. The van der Waals surface area contributed by atoms with E-state index in [0.29, 0.717) is 31.0 Å². The molecule has 1 aliphatic rings. The minimum Gasteiger partial charge on any atom is -0.396 e. The molecule has 0 unspecified atom stereocenters. The van der Waals surface area contributed by atoms with Gasteiger partial charge in [-0.15, -0.1) is 11.3 Å². The van der Waals surface area contributed by atoms with Crippen molar-refractivity contribution in [2.24, 2.45) is 0 Å². The monoisotopic (exact) mass is 346 g/mol. The first-order valence-corrected chi connectivity index (χ1v) is 9.12. The molecule has 0 radical (unpaired) electrons. The molecule has 3 rings (SSSR count). The third-order valence-electron chi connectivity index (χ3n) is 4.12. The molecule has 1 N–H and O–H groups in total. The Bertz CT molecular complexity index is 651. The number of hydrogen-bond donors (Lipinski definition) is 1. The second-order valence-electron chi connectivity index (χ2n) is 5.84. The van der Waals surface area contributed by atoms with Crippen molar-refractivity contribution in [1.29, 1.82) is 0 Å². The van der Waals surface area contributed by atoms with Crippen molar-refractivity contribution in [3.8, 4) is 10.6 Å². The number of aliphatic hydroxyl groups excluding tert-OH is 1. The summed E-state index contributed by atoms with van der Waals surface area (Å²) in [5.41, 5.74) is 1.04. The molecule has 1 aromatic heterocycles. The van der Waals surface area contributed by atoms with Crippen molar-refractivity contribution in [3.05, 3.63) is 41.4 Å². The maximum Gasteiger partial charge on any atom is 0.265 e. The number of ether oxygens (including phenoxy) is 1. The second-order valence-corrected chi connectivity index (χ2v) is 6.87. The van der Waals surface area contributed by atoms with Gasteiger partial charge in [-0.2, -0.15) is 0 Å². The number of carbonyl (C=O) groups excluding carboxylic acids is 1. The third-order valence-corrected chi connectivity index (χ3v) is 5.16. The second kappa shape index (κ2) is 8.37. The van der Waals surface area contributed by atoms with E-state index in [1.165, 1.54) is 11.3 Å². The van der Waals surface area contributed by atoms with Crippen LogP contribution < -0.4 is 0 Å². The number of carbonyl (C=O) groups is 1. The van der Waals surface area contributed by atoms with E-state index >= 15 is 0 Å². The lowest BCUT2D eigenvalue weighted by molar-refractivity contribution is 0.00409. The summed E-state index contributed by atoms with van der Waals surface area (Å²) in [4.78, 5) is 19.6. The summed E-state index contributed by atoms with van der Waals surface area (Å²) < 4.78 is 5.71. The largest absolute Gasteiger partial charge is 0.396 e. The predicted molar refractivity (Wildman–Crippen MR) is 94.1 cm³/mol. The van der Waals surface area contributed by atoms with Crippen molar-refractivity contribution < 1.29 is 14.6 Å². The zero-order valence-electron chi connectivity index (χ0n) is 13.6. The van der Waals surface area contributed by atoms with E-state index in [1.54, 1.807) is 6.20 Å². The number of aliphatic hydroxyl groups is 1. The van der Waals surface area contributed by atoms with Gasteiger partial charge in [0, 0.05) is 31.9 Å². The van der Waals surface area contributed by atoms with Gasteiger partial charge in [-0.25, -0.2) is 4.98 Å². The lowest BCUT2D eigenvalue weighted by Crippen LogP contribution is -2.40. The van der Waals surface area contributed by atoms with Crippen LogP contribution in [0, 0.1) is 0 Å². The molecule has 2 aromatic rings. The van der Waals surface area contributed by atoms with E-state index < -0.39 is 0 Å². The number of thiazole rings is 1. The predicted octanol–water partition coefficient (Wildman–Crippen LogP) is 2.81. The molecule has 0 spiro atoms. The molecule has 0 saturated carbocycles. The Morgan fingerprint density at radius 3 is 2.75 bits per heavy atom. The van der Waals surface area contributed by atoms with E-state index in [1.807, 2.05) is 35.2 Å². The summed E-state index contributed by atoms with van der Waals surface area (Å²) in [6.07, 6.45) is 4.24. The number of benzene rings is 1. The molecule has 1 fully saturated rings. The SMILES string of the molecule is O=C(c1cnc(-c2ccccc2)s1)N1CCC(OCCCO)CC1. The first-order chi connectivity index (χ1) is 11.8. The average molecular weight is 346 g/mol. The molecule has 1 aliphatic heterocycles. The summed E-state index contributed by atoms with van der Waals surface area (Å²) in [7, 11) is 0. The Labute approximate surface area is 145 Å². The Hall–Kier alpha value is -1.76. The average Bonchev–Trinajstić information content (AvgIpc) is 3.13. The molecule has 1 amide bonds. The fourth-order valence-corrected chi connectivity index (χ4v) is 3.67. The molecule has 5 nitrogen and oxygen atoms in total. The Morgan fingerprint density at radius 1 is 1.29 bits per heavy atom. The van der Waals surface area contributed by atoms with Gasteiger partial charge in [-0.3, -0.25) is 4.79 Å². The maximum atomic E-state index is 12.6. The first-order valence-electron chi connectivity index (χ1n) is 8.31. The van der Waals surface area contributed by atoms with Crippen LogP contribution in [0.15, 0.2) is 36.5 Å². The van der Waals surface area contributed by atoms with Gasteiger partial charge in [-0.1, -0.05) is 30.3 Å². The summed E-state index contributed by atoms with van der Waals surface area (Å²) in [5.74, 6) is 0.0588. The van der Waals surface area contributed by atoms with Gasteiger partial charge in [-0.05, 0) is 19.3 Å². The van der Waals surface area contributed by atoms with Crippen LogP contribution in [0.2, 0.25) is 0 Å². The van der Waals surface area contributed by atoms with E-state index in [0.717, 1.165) is 23.4 Å². The molecular formula is C18H22N2O3S. The number of likely N-dealkylation sites (tertiary alicyclic amines) is 1. The molecule has 6 heteroatoms. The van der Waals surface area contributed by atoms with Gasteiger partial charge >= 0.3 is 0 Å². The fraction of sp³-hybridized carbons (Fsp3) is 0.444. The van der Waals surface area contributed by atoms with Crippen LogP contribution in [0.4, 0.5) is 0 Å². The number of amides is 1. The lowest BCUT2D eigenvalue weighted by Gasteiger charge is -2.31. The van der Waals surface area contributed by atoms with E-state index in [9.17, 15) is 4.79 Å². The molecule has 0 aliphatic carbocycles. The van der Waals surface area contributed by atoms with Gasteiger partial charge < -0.3 is 14.7 Å². The standard InChI is InChI=1S/C18H22N2O3S/c21-11-4-12-23-15-7-9-20(10-8-15)18(22)16-13-19-17(24-16)14-5-2-1-3-6-14/h1-3,5-6,13,15,21H,4,7-12H2. The summed E-state index contributed by atoms with van der Waals surface area (Å²) in [5, 5.41) is 9.66. The topological polar surface area (TPSA) is 62.7 Å². The van der Waals surface area contributed by atoms with Gasteiger partial charge in [0.05, 0.1) is 12.3 Å². The quantitative estimate of drug-likeness (QED) is 0.817. The number of rotatable bonds is 6. The lowest BCUT2D eigenvalue weighted by atomic mass is 10.1. The zero-order chi connectivity index (χ0) is 16.8. The van der Waals surface area contributed by atoms with Crippen molar-refractivity contribution in [2.75, 3.05) is 26.3 Å². The third kappa shape index (κ3) is 4.20. The molecule has 2 heterocycles. The van der Waals surface area contributed by atoms with E-state index in [-0.39, 0.29) is 18.6 Å². The first kappa shape index (κ1) is 17.1. The molecule has 0 atom stereocenters. The fourth-order valence-electron chi connectivity index (χ4n) is 2.78. The molecular weight excluding hydrogens is 324 g/mol. The van der Waals surface area contributed by atoms with E-state index in [4.69, 9.17) is 9.84 Å². The van der Waals surface area contributed by atoms with Crippen molar-refractivity contribution in [1.82, 2.24) is 9.88 Å². The highest BCUT2D eigenvalue weighted by atomic mass is 32.1. The van der Waals surface area contributed by atoms with Gasteiger partial charge in [0.2, 0.25) is 0 Å². The zero-order valence-corrected chi connectivity index (χ0v) is 14.4. The normalized spacial score (nSPS) is 15.6. The van der Waals surface area contributed by atoms with Crippen LogP contribution in [0.25, 0.3) is 10.6 Å². The van der Waals surface area contributed by atoms with Crippen molar-refractivity contribution in [3.63, 3.8) is 0 Å². The summed E-state index contributed by atoms with van der Waals surface area (Å²) in [6, 6.07) is 9.92. The van der Waals surface area contributed by atoms with Crippen molar-refractivity contribution in [2.45, 2.75) is 25.4 Å². The van der Waals surface area contributed by atoms with Gasteiger partial charge in [0.15, 0.2) is 0 Å². The number of hydrogen-bond acceptors (Lipinski definition) is 5. The number of piperidine rings is 1. The molecule has 1 aromatic carbocycles. The Kier molecular flexibility index (Phi) is 5.96. The number of aromatic nitrogens is 1. The minimum absolute atomic E-state index is 0.0588. The van der Waals surface area contributed by atoms with Crippen LogP contribution in [0.3, 0.4) is 0 Å². The maximum absolute atomic E-state index is 12.6.